The van der Waals surface area contributed by atoms with E-state index in [1.54, 1.807) is 0 Å². The SMILES string of the molecule is c1ccc(C(c2ccccc2)(c2ccccc2)C2CNC2)cc1. The van der Waals surface area contributed by atoms with Crippen molar-refractivity contribution in [1.82, 2.24) is 5.32 Å². The molecule has 1 heteroatoms. The van der Waals surface area contributed by atoms with Gasteiger partial charge in [-0.2, -0.15) is 0 Å². The lowest BCUT2D eigenvalue weighted by atomic mass is 9.60. The zero-order valence-corrected chi connectivity index (χ0v) is 13.2. The van der Waals surface area contributed by atoms with E-state index in [9.17, 15) is 0 Å². The largest absolute Gasteiger partial charge is 0.316 e. The van der Waals surface area contributed by atoms with Crippen molar-refractivity contribution in [2.24, 2.45) is 5.92 Å². The molecule has 0 aromatic heterocycles. The number of rotatable bonds is 4. The lowest BCUT2D eigenvalue weighted by Crippen LogP contribution is -2.55. The minimum atomic E-state index is -0.0883. The fourth-order valence-corrected chi connectivity index (χ4v) is 3.91. The van der Waals surface area contributed by atoms with Gasteiger partial charge in [0.15, 0.2) is 0 Å². The summed E-state index contributed by atoms with van der Waals surface area (Å²) in [5.41, 5.74) is 4.05. The van der Waals surface area contributed by atoms with Crippen molar-refractivity contribution in [3.63, 3.8) is 0 Å². The van der Waals surface area contributed by atoms with Crippen molar-refractivity contribution in [3.05, 3.63) is 108 Å². The van der Waals surface area contributed by atoms with Gasteiger partial charge in [-0.25, -0.2) is 0 Å². The molecular formula is C22H21N. The molecular weight excluding hydrogens is 278 g/mol. The smallest absolute Gasteiger partial charge is 0.0503 e. The van der Waals surface area contributed by atoms with E-state index in [0.29, 0.717) is 5.92 Å². The maximum absolute atomic E-state index is 3.48. The van der Waals surface area contributed by atoms with E-state index in [4.69, 9.17) is 0 Å². The molecule has 0 spiro atoms. The van der Waals surface area contributed by atoms with Gasteiger partial charge in [-0.05, 0) is 16.7 Å². The molecule has 114 valence electrons. The summed E-state index contributed by atoms with van der Waals surface area (Å²) < 4.78 is 0. The molecule has 0 atom stereocenters. The average Bonchev–Trinajstić information content (AvgIpc) is 2.60. The third-order valence-electron chi connectivity index (χ3n) is 5.08. The summed E-state index contributed by atoms with van der Waals surface area (Å²) in [7, 11) is 0. The van der Waals surface area contributed by atoms with E-state index >= 15 is 0 Å². The van der Waals surface area contributed by atoms with Crippen LogP contribution < -0.4 is 5.32 Å². The molecule has 3 aromatic rings. The summed E-state index contributed by atoms with van der Waals surface area (Å²) in [6.07, 6.45) is 0. The molecule has 1 saturated heterocycles. The van der Waals surface area contributed by atoms with Crippen molar-refractivity contribution >= 4 is 0 Å². The monoisotopic (exact) mass is 299 g/mol. The quantitative estimate of drug-likeness (QED) is 0.711. The van der Waals surface area contributed by atoms with E-state index in [0.717, 1.165) is 13.1 Å². The standard InChI is InChI=1S/C22H21N/c1-4-10-18(11-5-1)22(21-16-23-17-21,19-12-6-2-7-13-19)20-14-8-3-9-15-20/h1-15,21,23H,16-17H2. The minimum absolute atomic E-state index is 0.0883. The van der Waals surface area contributed by atoms with Crippen LogP contribution in [0.4, 0.5) is 0 Å². The predicted molar refractivity (Wildman–Crippen MR) is 95.6 cm³/mol. The van der Waals surface area contributed by atoms with Crippen LogP contribution in [0.25, 0.3) is 0 Å². The summed E-state index contributed by atoms with van der Waals surface area (Å²) in [5, 5.41) is 3.48. The highest BCUT2D eigenvalue weighted by atomic mass is 15.0. The van der Waals surface area contributed by atoms with Gasteiger partial charge in [-0.15, -0.1) is 0 Å². The van der Waals surface area contributed by atoms with Crippen LogP contribution in [0, 0.1) is 5.92 Å². The Morgan fingerprint density at radius 3 is 1.17 bits per heavy atom. The van der Waals surface area contributed by atoms with Crippen molar-refractivity contribution in [1.29, 1.82) is 0 Å². The topological polar surface area (TPSA) is 12.0 Å². The summed E-state index contributed by atoms with van der Waals surface area (Å²) >= 11 is 0. The van der Waals surface area contributed by atoms with Gasteiger partial charge in [0.25, 0.3) is 0 Å². The summed E-state index contributed by atoms with van der Waals surface area (Å²) in [4.78, 5) is 0. The maximum Gasteiger partial charge on any atom is 0.0503 e. The molecule has 1 N–H and O–H groups in total. The molecule has 1 nitrogen and oxygen atoms in total. The third kappa shape index (κ3) is 2.29. The van der Waals surface area contributed by atoms with E-state index < -0.39 is 0 Å². The Morgan fingerprint density at radius 1 is 0.565 bits per heavy atom. The Labute approximate surface area is 138 Å². The molecule has 1 aliphatic rings. The van der Waals surface area contributed by atoms with Gasteiger partial charge in [-0.3, -0.25) is 0 Å². The van der Waals surface area contributed by atoms with E-state index in [1.165, 1.54) is 16.7 Å². The lowest BCUT2D eigenvalue weighted by Gasteiger charge is -2.47. The van der Waals surface area contributed by atoms with Crippen LogP contribution in [-0.2, 0) is 5.41 Å². The normalized spacial score (nSPS) is 15.1. The zero-order chi connectivity index (χ0) is 15.5. The van der Waals surface area contributed by atoms with Crippen LogP contribution in [0.5, 0.6) is 0 Å². The number of hydrogen-bond acceptors (Lipinski definition) is 1. The van der Waals surface area contributed by atoms with Crippen molar-refractivity contribution < 1.29 is 0 Å². The molecule has 0 unspecified atom stereocenters. The van der Waals surface area contributed by atoms with Gasteiger partial charge in [0.1, 0.15) is 0 Å². The fraction of sp³-hybridized carbons (Fsp3) is 0.182. The van der Waals surface area contributed by atoms with Crippen LogP contribution in [0.2, 0.25) is 0 Å². The minimum Gasteiger partial charge on any atom is -0.316 e. The molecule has 23 heavy (non-hydrogen) atoms. The first-order valence-electron chi connectivity index (χ1n) is 8.29. The first kappa shape index (κ1) is 14.2. The van der Waals surface area contributed by atoms with E-state index in [2.05, 4.69) is 96.3 Å². The van der Waals surface area contributed by atoms with Crippen LogP contribution in [0.15, 0.2) is 91.0 Å². The maximum atomic E-state index is 3.48. The Hall–Kier alpha value is -2.38. The van der Waals surface area contributed by atoms with Gasteiger partial charge in [0.05, 0.1) is 5.41 Å². The van der Waals surface area contributed by atoms with Crippen LogP contribution >= 0.6 is 0 Å². The summed E-state index contributed by atoms with van der Waals surface area (Å²) in [6.45, 7) is 2.11. The summed E-state index contributed by atoms with van der Waals surface area (Å²) in [5.74, 6) is 0.565. The molecule has 1 fully saturated rings. The number of benzene rings is 3. The second-order valence-electron chi connectivity index (χ2n) is 6.26. The second kappa shape index (κ2) is 6.02. The Bertz CT molecular complexity index is 649. The number of hydrogen-bond donors (Lipinski definition) is 1. The van der Waals surface area contributed by atoms with Gasteiger partial charge in [0, 0.05) is 19.0 Å². The molecule has 1 aliphatic heterocycles. The first-order valence-corrected chi connectivity index (χ1v) is 8.29. The van der Waals surface area contributed by atoms with Crippen molar-refractivity contribution in [3.8, 4) is 0 Å². The molecule has 0 aliphatic carbocycles. The Kier molecular flexibility index (Phi) is 3.72. The molecule has 0 saturated carbocycles. The predicted octanol–water partition coefficient (Wildman–Crippen LogP) is 4.24. The molecule has 0 amide bonds. The fourth-order valence-electron chi connectivity index (χ4n) is 3.91. The third-order valence-corrected chi connectivity index (χ3v) is 5.08. The van der Waals surface area contributed by atoms with Crippen molar-refractivity contribution in [2.75, 3.05) is 13.1 Å². The Balaban J connectivity index is 2.02. The Morgan fingerprint density at radius 2 is 0.913 bits per heavy atom. The van der Waals surface area contributed by atoms with Gasteiger partial charge in [0.2, 0.25) is 0 Å². The number of nitrogens with one attached hydrogen (secondary N) is 1. The molecule has 3 aromatic carbocycles. The molecule has 4 rings (SSSR count). The average molecular weight is 299 g/mol. The van der Waals surface area contributed by atoms with Crippen LogP contribution in [0.3, 0.4) is 0 Å². The van der Waals surface area contributed by atoms with E-state index in [1.807, 2.05) is 0 Å². The van der Waals surface area contributed by atoms with Crippen molar-refractivity contribution in [2.45, 2.75) is 5.41 Å². The second-order valence-corrected chi connectivity index (χ2v) is 6.26. The van der Waals surface area contributed by atoms with Gasteiger partial charge >= 0.3 is 0 Å². The van der Waals surface area contributed by atoms with Gasteiger partial charge in [-0.1, -0.05) is 91.0 Å². The molecule has 1 heterocycles. The highest BCUT2D eigenvalue weighted by Crippen LogP contribution is 2.46. The van der Waals surface area contributed by atoms with Crippen LogP contribution in [0.1, 0.15) is 16.7 Å². The van der Waals surface area contributed by atoms with E-state index in [-0.39, 0.29) is 5.41 Å². The lowest BCUT2D eigenvalue weighted by molar-refractivity contribution is 0.256. The zero-order valence-electron chi connectivity index (χ0n) is 13.2. The van der Waals surface area contributed by atoms with Gasteiger partial charge < -0.3 is 5.32 Å². The summed E-state index contributed by atoms with van der Waals surface area (Å²) in [6, 6.07) is 32.9. The highest BCUT2D eigenvalue weighted by Gasteiger charge is 2.45. The molecule has 0 bridgehead atoms. The first-order chi connectivity index (χ1) is 11.4. The molecule has 0 radical (unpaired) electrons. The highest BCUT2D eigenvalue weighted by molar-refractivity contribution is 5.52. The van der Waals surface area contributed by atoms with Crippen LogP contribution in [-0.4, -0.2) is 13.1 Å².